The average Bonchev–Trinajstić information content (AvgIpc) is 2.62. The van der Waals surface area contributed by atoms with Gasteiger partial charge in [0.1, 0.15) is 0 Å². The molecule has 0 bridgehead atoms. The standard InChI is InChI=1S/C22H38.CH2O2.H3N/c1-5-9-13-19-17-18-20(14-10-6-2)22(16-12-8-4)21(19)15-11-7-3;2-1-3;/h17-18H,5-16H2,1-4H3;1H,(H,2,3);1H3. The molecule has 1 aromatic rings. The van der Waals surface area contributed by atoms with Crippen molar-refractivity contribution in [2.24, 2.45) is 0 Å². The van der Waals surface area contributed by atoms with Crippen molar-refractivity contribution in [3.63, 3.8) is 0 Å². The summed E-state index contributed by atoms with van der Waals surface area (Å²) in [5.74, 6) is 0. The lowest BCUT2D eigenvalue weighted by atomic mass is 9.86. The van der Waals surface area contributed by atoms with E-state index in [1.165, 1.54) is 77.0 Å². The van der Waals surface area contributed by atoms with E-state index < -0.39 is 0 Å². The Kier molecular flexibility index (Phi) is 19.1. The molecule has 0 spiro atoms. The van der Waals surface area contributed by atoms with E-state index >= 15 is 0 Å². The van der Waals surface area contributed by atoms with Gasteiger partial charge in [-0.15, -0.1) is 0 Å². The van der Waals surface area contributed by atoms with E-state index in [1.54, 1.807) is 22.3 Å². The van der Waals surface area contributed by atoms with Crippen LogP contribution in [0.1, 0.15) is 101 Å². The van der Waals surface area contributed by atoms with Crippen molar-refractivity contribution in [1.82, 2.24) is 6.15 Å². The van der Waals surface area contributed by atoms with Crippen LogP contribution in [0.15, 0.2) is 12.1 Å². The number of hydrogen-bond donors (Lipinski definition) is 2. The summed E-state index contributed by atoms with van der Waals surface area (Å²) in [6.45, 7) is 9.00. The zero-order valence-corrected chi connectivity index (χ0v) is 17.8. The first kappa shape index (κ1) is 26.9. The van der Waals surface area contributed by atoms with E-state index in [-0.39, 0.29) is 12.6 Å². The van der Waals surface area contributed by atoms with Gasteiger partial charge in [0.15, 0.2) is 0 Å². The molecule has 0 fully saturated rings. The van der Waals surface area contributed by atoms with Crippen LogP contribution < -0.4 is 6.15 Å². The third kappa shape index (κ3) is 10.6. The maximum absolute atomic E-state index is 8.36. The zero-order valence-electron chi connectivity index (χ0n) is 17.8. The van der Waals surface area contributed by atoms with Crippen molar-refractivity contribution < 1.29 is 9.90 Å². The van der Waals surface area contributed by atoms with Gasteiger partial charge in [0, 0.05) is 0 Å². The van der Waals surface area contributed by atoms with Gasteiger partial charge in [-0.2, -0.15) is 0 Å². The Morgan fingerprint density at radius 2 is 0.962 bits per heavy atom. The molecule has 0 radical (unpaired) electrons. The highest BCUT2D eigenvalue weighted by atomic mass is 16.3. The molecule has 152 valence electrons. The van der Waals surface area contributed by atoms with Crippen LogP contribution in [-0.2, 0) is 30.5 Å². The largest absolute Gasteiger partial charge is 0.483 e. The Balaban J connectivity index is 0. The quantitative estimate of drug-likeness (QED) is 0.395. The predicted molar refractivity (Wildman–Crippen MR) is 115 cm³/mol. The molecular weight excluding hydrogens is 322 g/mol. The molecule has 3 nitrogen and oxygen atoms in total. The fourth-order valence-corrected chi connectivity index (χ4v) is 3.32. The van der Waals surface area contributed by atoms with Crippen molar-refractivity contribution in [2.45, 2.75) is 105 Å². The molecule has 0 saturated carbocycles. The molecule has 0 aliphatic carbocycles. The molecule has 26 heavy (non-hydrogen) atoms. The summed E-state index contributed by atoms with van der Waals surface area (Å²) in [5.41, 5.74) is 6.78. The summed E-state index contributed by atoms with van der Waals surface area (Å²) in [7, 11) is 0. The van der Waals surface area contributed by atoms with Crippen LogP contribution in [-0.4, -0.2) is 11.6 Å². The number of carbonyl (C=O) groups is 1. The molecule has 4 N–H and O–H groups in total. The lowest BCUT2D eigenvalue weighted by molar-refractivity contribution is -0.122. The molecule has 0 saturated heterocycles. The molecule has 0 unspecified atom stereocenters. The lowest BCUT2D eigenvalue weighted by Crippen LogP contribution is -2.06. The van der Waals surface area contributed by atoms with Crippen LogP contribution in [0.4, 0.5) is 0 Å². The Morgan fingerprint density at radius 3 is 1.23 bits per heavy atom. The van der Waals surface area contributed by atoms with Crippen molar-refractivity contribution in [3.05, 3.63) is 34.4 Å². The van der Waals surface area contributed by atoms with Gasteiger partial charge in [-0.25, -0.2) is 0 Å². The normalized spacial score (nSPS) is 9.85. The van der Waals surface area contributed by atoms with Crippen molar-refractivity contribution in [2.75, 3.05) is 0 Å². The van der Waals surface area contributed by atoms with E-state index in [4.69, 9.17) is 9.90 Å². The first-order chi connectivity index (χ1) is 12.2. The molecule has 3 heteroatoms. The Bertz CT molecular complexity index is 419. The number of hydrogen-bond acceptors (Lipinski definition) is 2. The van der Waals surface area contributed by atoms with Gasteiger partial charge in [0.05, 0.1) is 0 Å². The smallest absolute Gasteiger partial charge is 0.290 e. The van der Waals surface area contributed by atoms with Crippen LogP contribution in [0.2, 0.25) is 0 Å². The summed E-state index contributed by atoms with van der Waals surface area (Å²) in [6, 6.07) is 4.92. The summed E-state index contributed by atoms with van der Waals surface area (Å²) in [5, 5.41) is 6.89. The monoisotopic (exact) mass is 365 g/mol. The topological polar surface area (TPSA) is 72.3 Å². The van der Waals surface area contributed by atoms with Crippen LogP contribution >= 0.6 is 0 Å². The predicted octanol–water partition coefficient (Wildman–Crippen LogP) is 6.92. The van der Waals surface area contributed by atoms with Crippen molar-refractivity contribution >= 4 is 6.47 Å². The minimum atomic E-state index is -0.250. The van der Waals surface area contributed by atoms with Gasteiger partial charge in [-0.3, -0.25) is 4.79 Å². The van der Waals surface area contributed by atoms with Crippen molar-refractivity contribution in [3.8, 4) is 0 Å². The minimum absolute atomic E-state index is 0. The molecule has 0 amide bonds. The molecular formula is C23H43NO2. The number of benzene rings is 1. The Morgan fingerprint density at radius 1 is 0.692 bits per heavy atom. The summed E-state index contributed by atoms with van der Waals surface area (Å²) in [4.78, 5) is 8.36. The molecule has 0 atom stereocenters. The number of aryl methyl sites for hydroxylation is 2. The van der Waals surface area contributed by atoms with E-state index in [0.717, 1.165) is 0 Å². The van der Waals surface area contributed by atoms with Gasteiger partial charge < -0.3 is 11.3 Å². The number of rotatable bonds is 12. The Labute approximate surface area is 162 Å². The fraction of sp³-hybridized carbons (Fsp3) is 0.696. The Hall–Kier alpha value is -1.35. The summed E-state index contributed by atoms with van der Waals surface area (Å²) in [6.07, 6.45) is 15.7. The van der Waals surface area contributed by atoms with E-state index in [9.17, 15) is 0 Å². The van der Waals surface area contributed by atoms with Gasteiger partial charge in [0.2, 0.25) is 0 Å². The van der Waals surface area contributed by atoms with E-state index in [0.29, 0.717) is 0 Å². The van der Waals surface area contributed by atoms with E-state index in [2.05, 4.69) is 39.8 Å². The highest BCUT2D eigenvalue weighted by Gasteiger charge is 2.12. The fourth-order valence-electron chi connectivity index (χ4n) is 3.32. The third-order valence-corrected chi connectivity index (χ3v) is 4.79. The lowest BCUT2D eigenvalue weighted by Gasteiger charge is -2.19. The van der Waals surface area contributed by atoms with Gasteiger partial charge in [0.25, 0.3) is 6.47 Å². The minimum Gasteiger partial charge on any atom is -0.483 e. The third-order valence-electron chi connectivity index (χ3n) is 4.79. The van der Waals surface area contributed by atoms with Crippen LogP contribution in [0.3, 0.4) is 0 Å². The highest BCUT2D eigenvalue weighted by Crippen LogP contribution is 2.26. The van der Waals surface area contributed by atoms with Gasteiger partial charge in [-0.05, 0) is 73.6 Å². The second-order valence-electron chi connectivity index (χ2n) is 6.86. The second kappa shape index (κ2) is 18.4. The SMILES string of the molecule is CCCCc1ccc(CCCC)c(CCCC)c1CCCC.N.O=CO. The van der Waals surface area contributed by atoms with Gasteiger partial charge in [-0.1, -0.05) is 65.5 Å². The van der Waals surface area contributed by atoms with Crippen molar-refractivity contribution in [1.29, 1.82) is 0 Å². The number of carboxylic acid groups (broad SMARTS) is 1. The first-order valence-electron chi connectivity index (χ1n) is 10.4. The molecule has 1 aromatic carbocycles. The molecule has 0 heterocycles. The molecule has 1 rings (SSSR count). The average molecular weight is 366 g/mol. The zero-order chi connectivity index (χ0) is 18.9. The van der Waals surface area contributed by atoms with E-state index in [1.807, 2.05) is 0 Å². The summed E-state index contributed by atoms with van der Waals surface area (Å²) >= 11 is 0. The highest BCUT2D eigenvalue weighted by molar-refractivity contribution is 5.42. The number of unbranched alkanes of at least 4 members (excludes halogenated alkanes) is 4. The molecule has 0 aliphatic heterocycles. The molecule has 0 aromatic heterocycles. The first-order valence-corrected chi connectivity index (χ1v) is 10.4. The van der Waals surface area contributed by atoms with Crippen LogP contribution in [0.25, 0.3) is 0 Å². The van der Waals surface area contributed by atoms with Crippen LogP contribution in [0.5, 0.6) is 0 Å². The van der Waals surface area contributed by atoms with Crippen LogP contribution in [0, 0.1) is 0 Å². The van der Waals surface area contributed by atoms with Gasteiger partial charge >= 0.3 is 0 Å². The second-order valence-corrected chi connectivity index (χ2v) is 6.86. The maximum Gasteiger partial charge on any atom is 0.290 e. The maximum atomic E-state index is 8.36. The molecule has 0 aliphatic rings. The summed E-state index contributed by atoms with van der Waals surface area (Å²) < 4.78 is 0.